The third kappa shape index (κ3) is 5.63. The second-order valence-corrected chi connectivity index (χ2v) is 8.54. The predicted molar refractivity (Wildman–Crippen MR) is 84.1 cm³/mol. The summed E-state index contributed by atoms with van der Waals surface area (Å²) in [6.07, 6.45) is 2.12. The quantitative estimate of drug-likeness (QED) is 0.792. The minimum absolute atomic E-state index is 0.196. The van der Waals surface area contributed by atoms with Crippen LogP contribution in [0.25, 0.3) is 0 Å². The first kappa shape index (κ1) is 17.2. The first-order valence-electron chi connectivity index (χ1n) is 6.42. The lowest BCUT2D eigenvalue weighted by atomic mass is 10.1. The Balaban J connectivity index is 2.60. The van der Waals surface area contributed by atoms with Crippen molar-refractivity contribution in [3.05, 3.63) is 29.8 Å². The lowest BCUT2D eigenvalue weighted by Gasteiger charge is -2.13. The molecule has 0 saturated heterocycles. The van der Waals surface area contributed by atoms with Gasteiger partial charge in [0.1, 0.15) is 0 Å². The Morgan fingerprint density at radius 1 is 1.25 bits per heavy atom. The van der Waals surface area contributed by atoms with E-state index in [1.165, 1.54) is 24.3 Å². The highest BCUT2D eigenvalue weighted by molar-refractivity contribution is 9.09. The van der Waals surface area contributed by atoms with Crippen molar-refractivity contribution >= 4 is 31.7 Å². The minimum atomic E-state index is -3.22. The molecule has 1 aromatic carbocycles. The monoisotopic (exact) mass is 361 g/mol. The van der Waals surface area contributed by atoms with Gasteiger partial charge in [-0.3, -0.25) is 4.79 Å². The molecule has 112 valence electrons. The number of rotatable bonds is 6. The first-order valence-corrected chi connectivity index (χ1v) is 9.23. The minimum Gasteiger partial charge on any atom is -0.351 e. The Bertz CT molecular complexity index is 552. The number of carbonyl (C=O) groups is 1. The fourth-order valence-electron chi connectivity index (χ4n) is 1.75. The van der Waals surface area contributed by atoms with Crippen LogP contribution in [-0.2, 0) is 9.84 Å². The summed E-state index contributed by atoms with van der Waals surface area (Å²) in [5.41, 5.74) is 0.460. The van der Waals surface area contributed by atoms with Crippen molar-refractivity contribution in [2.75, 3.05) is 12.8 Å². The second-order valence-electron chi connectivity index (χ2n) is 5.23. The molecule has 0 aliphatic carbocycles. The van der Waals surface area contributed by atoms with Crippen LogP contribution in [0.4, 0.5) is 0 Å². The molecule has 0 saturated carbocycles. The molecule has 1 atom stereocenters. The zero-order valence-corrected chi connectivity index (χ0v) is 14.3. The maximum atomic E-state index is 11.9. The maximum Gasteiger partial charge on any atom is 0.251 e. The third-order valence-electron chi connectivity index (χ3n) is 2.76. The molecule has 1 amide bonds. The van der Waals surface area contributed by atoms with Gasteiger partial charge in [-0.25, -0.2) is 8.42 Å². The van der Waals surface area contributed by atoms with Crippen molar-refractivity contribution in [3.8, 4) is 0 Å². The number of amides is 1. The Labute approximate surface area is 129 Å². The standard InChI is InChI=1S/C14H20BrNO3S/c1-10(2)8-12(15)9-16-14(17)11-4-6-13(7-5-11)20(3,18)19/h4-7,10,12H,8-9H2,1-3H3,(H,16,17). The maximum absolute atomic E-state index is 11.9. The van der Waals surface area contributed by atoms with Gasteiger partial charge in [0.15, 0.2) is 9.84 Å². The molecular formula is C14H20BrNO3S. The van der Waals surface area contributed by atoms with Gasteiger partial charge in [0.2, 0.25) is 0 Å². The summed E-state index contributed by atoms with van der Waals surface area (Å²) < 4.78 is 22.6. The van der Waals surface area contributed by atoms with Gasteiger partial charge in [0, 0.05) is 23.2 Å². The smallest absolute Gasteiger partial charge is 0.251 e. The Kier molecular flexibility index (Phi) is 6.20. The zero-order valence-electron chi connectivity index (χ0n) is 11.9. The van der Waals surface area contributed by atoms with Gasteiger partial charge in [0.05, 0.1) is 4.90 Å². The molecule has 1 N–H and O–H groups in total. The summed E-state index contributed by atoms with van der Waals surface area (Å²) in [5.74, 6) is 0.364. The number of alkyl halides is 1. The van der Waals surface area contributed by atoms with Crippen LogP contribution in [0.2, 0.25) is 0 Å². The van der Waals surface area contributed by atoms with E-state index in [4.69, 9.17) is 0 Å². The van der Waals surface area contributed by atoms with Crippen LogP contribution >= 0.6 is 15.9 Å². The molecule has 0 spiro atoms. The van der Waals surface area contributed by atoms with E-state index in [2.05, 4.69) is 35.1 Å². The predicted octanol–water partition coefficient (Wildman–Crippen LogP) is 2.63. The largest absolute Gasteiger partial charge is 0.351 e. The van der Waals surface area contributed by atoms with Gasteiger partial charge in [-0.2, -0.15) is 0 Å². The van der Waals surface area contributed by atoms with Gasteiger partial charge < -0.3 is 5.32 Å². The lowest BCUT2D eigenvalue weighted by molar-refractivity contribution is 0.0953. The van der Waals surface area contributed by atoms with Crippen molar-refractivity contribution in [2.24, 2.45) is 5.92 Å². The number of sulfone groups is 1. The highest BCUT2D eigenvalue weighted by atomic mass is 79.9. The van der Waals surface area contributed by atoms with Crippen LogP contribution in [0, 0.1) is 5.92 Å². The van der Waals surface area contributed by atoms with Crippen molar-refractivity contribution in [2.45, 2.75) is 30.0 Å². The molecule has 0 heterocycles. The number of hydrogen-bond acceptors (Lipinski definition) is 3. The van der Waals surface area contributed by atoms with Crippen molar-refractivity contribution < 1.29 is 13.2 Å². The van der Waals surface area contributed by atoms with E-state index in [-0.39, 0.29) is 15.6 Å². The summed E-state index contributed by atoms with van der Waals surface area (Å²) in [6, 6.07) is 5.95. The van der Waals surface area contributed by atoms with Crippen LogP contribution in [0.3, 0.4) is 0 Å². The van der Waals surface area contributed by atoms with E-state index in [0.29, 0.717) is 18.0 Å². The number of halogens is 1. The van der Waals surface area contributed by atoms with Crippen LogP contribution < -0.4 is 5.32 Å². The molecule has 0 aliphatic heterocycles. The molecule has 1 unspecified atom stereocenters. The average Bonchev–Trinajstić information content (AvgIpc) is 2.34. The molecule has 1 rings (SSSR count). The van der Waals surface area contributed by atoms with Gasteiger partial charge in [-0.05, 0) is 36.6 Å². The Morgan fingerprint density at radius 3 is 2.25 bits per heavy atom. The number of nitrogens with one attached hydrogen (secondary N) is 1. The van der Waals surface area contributed by atoms with Gasteiger partial charge >= 0.3 is 0 Å². The van der Waals surface area contributed by atoms with E-state index >= 15 is 0 Å². The van der Waals surface area contributed by atoms with E-state index in [1.54, 1.807) is 0 Å². The molecule has 0 aromatic heterocycles. The molecule has 0 aliphatic rings. The fourth-order valence-corrected chi connectivity index (χ4v) is 3.29. The summed E-state index contributed by atoms with van der Waals surface area (Å²) >= 11 is 3.52. The van der Waals surface area contributed by atoms with Gasteiger partial charge in [-0.1, -0.05) is 29.8 Å². The average molecular weight is 362 g/mol. The molecule has 4 nitrogen and oxygen atoms in total. The number of benzene rings is 1. The van der Waals surface area contributed by atoms with Crippen LogP contribution in [0.5, 0.6) is 0 Å². The van der Waals surface area contributed by atoms with E-state index < -0.39 is 9.84 Å². The molecular weight excluding hydrogens is 342 g/mol. The van der Waals surface area contributed by atoms with Crippen molar-refractivity contribution in [1.29, 1.82) is 0 Å². The second kappa shape index (κ2) is 7.22. The summed E-state index contributed by atoms with van der Waals surface area (Å²) in [5, 5.41) is 2.83. The van der Waals surface area contributed by atoms with Crippen molar-refractivity contribution in [3.63, 3.8) is 0 Å². The van der Waals surface area contributed by atoms with E-state index in [0.717, 1.165) is 12.7 Å². The zero-order chi connectivity index (χ0) is 15.3. The summed E-state index contributed by atoms with van der Waals surface area (Å²) in [6.45, 7) is 4.80. The molecule has 0 radical (unpaired) electrons. The Morgan fingerprint density at radius 2 is 1.80 bits per heavy atom. The number of hydrogen-bond donors (Lipinski definition) is 1. The molecule has 0 fully saturated rings. The summed E-state index contributed by atoms with van der Waals surface area (Å²) in [7, 11) is -3.22. The number of carbonyl (C=O) groups excluding carboxylic acids is 1. The normalized spacial score (nSPS) is 13.2. The van der Waals surface area contributed by atoms with Crippen LogP contribution in [0.1, 0.15) is 30.6 Å². The Hall–Kier alpha value is -0.880. The molecule has 20 heavy (non-hydrogen) atoms. The van der Waals surface area contributed by atoms with E-state index in [9.17, 15) is 13.2 Å². The highest BCUT2D eigenvalue weighted by Crippen LogP contribution is 2.13. The SMILES string of the molecule is CC(C)CC(Br)CNC(=O)c1ccc(S(C)(=O)=O)cc1. The van der Waals surface area contributed by atoms with Crippen molar-refractivity contribution in [1.82, 2.24) is 5.32 Å². The van der Waals surface area contributed by atoms with Gasteiger partial charge in [0.25, 0.3) is 5.91 Å². The highest BCUT2D eigenvalue weighted by Gasteiger charge is 2.12. The molecule has 6 heteroatoms. The topological polar surface area (TPSA) is 63.2 Å². The molecule has 0 bridgehead atoms. The first-order chi connectivity index (χ1) is 9.20. The van der Waals surface area contributed by atoms with Gasteiger partial charge in [-0.15, -0.1) is 0 Å². The van der Waals surface area contributed by atoms with E-state index in [1.807, 2.05) is 0 Å². The summed E-state index contributed by atoms with van der Waals surface area (Å²) in [4.78, 5) is 12.4. The van der Waals surface area contributed by atoms with Crippen LogP contribution in [-0.4, -0.2) is 32.0 Å². The fraction of sp³-hybridized carbons (Fsp3) is 0.500. The molecule has 1 aromatic rings. The third-order valence-corrected chi connectivity index (χ3v) is 4.58. The lowest BCUT2D eigenvalue weighted by Crippen LogP contribution is -2.30. The van der Waals surface area contributed by atoms with Crippen LogP contribution in [0.15, 0.2) is 29.2 Å².